The van der Waals surface area contributed by atoms with Crippen LogP contribution in [-0.2, 0) is 18.3 Å². The lowest BCUT2D eigenvalue weighted by molar-refractivity contribution is -0.137. The van der Waals surface area contributed by atoms with Gasteiger partial charge in [-0.2, -0.15) is 5.10 Å². The number of aryl methyl sites for hydroxylation is 1. The third kappa shape index (κ3) is 4.06. The molecule has 1 aromatic heterocycles. The summed E-state index contributed by atoms with van der Waals surface area (Å²) in [6.45, 7) is 2.10. The minimum atomic E-state index is -0.683. The predicted molar refractivity (Wildman–Crippen MR) is 73.0 cm³/mol. The van der Waals surface area contributed by atoms with E-state index < -0.39 is 5.97 Å². The number of hydrogen-bond donors (Lipinski definition) is 1. The van der Waals surface area contributed by atoms with Gasteiger partial charge < -0.3 is 5.11 Å². The summed E-state index contributed by atoms with van der Waals surface area (Å²) in [5.74, 6) is -0.683. The zero-order valence-electron chi connectivity index (χ0n) is 11.6. The van der Waals surface area contributed by atoms with E-state index in [0.29, 0.717) is 6.04 Å². The van der Waals surface area contributed by atoms with Crippen LogP contribution in [0.3, 0.4) is 0 Å². The summed E-state index contributed by atoms with van der Waals surface area (Å²) in [6.07, 6.45) is 7.47. The van der Waals surface area contributed by atoms with Crippen molar-refractivity contribution in [1.82, 2.24) is 14.7 Å². The summed E-state index contributed by atoms with van der Waals surface area (Å²) in [6, 6.07) is 2.49. The third-order valence-corrected chi connectivity index (χ3v) is 4.02. The molecule has 1 unspecified atom stereocenters. The van der Waals surface area contributed by atoms with Gasteiger partial charge in [0.2, 0.25) is 0 Å². The van der Waals surface area contributed by atoms with E-state index in [1.807, 2.05) is 17.9 Å². The van der Waals surface area contributed by atoms with E-state index in [-0.39, 0.29) is 6.42 Å². The van der Waals surface area contributed by atoms with Crippen LogP contribution >= 0.6 is 0 Å². The van der Waals surface area contributed by atoms with Crippen LogP contribution in [-0.4, -0.2) is 44.9 Å². The van der Waals surface area contributed by atoms with Crippen molar-refractivity contribution in [2.75, 3.05) is 13.1 Å². The SMILES string of the molecule is Cn1nccc1CCN1CCCCC1CCC(=O)O. The van der Waals surface area contributed by atoms with Gasteiger partial charge >= 0.3 is 5.97 Å². The molecule has 0 aromatic carbocycles. The van der Waals surface area contributed by atoms with Crippen LogP contribution in [0, 0.1) is 0 Å². The van der Waals surface area contributed by atoms with Crippen molar-refractivity contribution in [3.05, 3.63) is 18.0 Å². The van der Waals surface area contributed by atoms with E-state index >= 15 is 0 Å². The molecule has 0 spiro atoms. The number of hydrogen-bond acceptors (Lipinski definition) is 3. The molecule has 1 atom stereocenters. The largest absolute Gasteiger partial charge is 0.481 e. The molecular weight excluding hydrogens is 242 g/mol. The molecule has 1 fully saturated rings. The Kier molecular flexibility index (Phi) is 4.96. The lowest BCUT2D eigenvalue weighted by Gasteiger charge is -2.35. The van der Waals surface area contributed by atoms with E-state index in [1.165, 1.54) is 18.5 Å². The van der Waals surface area contributed by atoms with Crippen LogP contribution in [0.25, 0.3) is 0 Å². The average Bonchev–Trinajstić information content (AvgIpc) is 2.80. The molecule has 1 aromatic rings. The van der Waals surface area contributed by atoms with Gasteiger partial charge in [0, 0.05) is 44.4 Å². The van der Waals surface area contributed by atoms with E-state index in [9.17, 15) is 4.79 Å². The van der Waals surface area contributed by atoms with Gasteiger partial charge in [0.15, 0.2) is 0 Å². The molecule has 1 aliphatic rings. The van der Waals surface area contributed by atoms with Crippen molar-refractivity contribution in [3.8, 4) is 0 Å². The second-order valence-corrected chi connectivity index (χ2v) is 5.31. The smallest absolute Gasteiger partial charge is 0.303 e. The van der Waals surface area contributed by atoms with Crippen molar-refractivity contribution in [2.24, 2.45) is 7.05 Å². The topological polar surface area (TPSA) is 58.4 Å². The first-order valence-corrected chi connectivity index (χ1v) is 7.09. The average molecular weight is 265 g/mol. The molecule has 106 valence electrons. The summed E-state index contributed by atoms with van der Waals surface area (Å²) >= 11 is 0. The number of carboxylic acid groups (broad SMARTS) is 1. The van der Waals surface area contributed by atoms with Gasteiger partial charge in [-0.3, -0.25) is 14.4 Å². The highest BCUT2D eigenvalue weighted by molar-refractivity contribution is 5.66. The van der Waals surface area contributed by atoms with E-state index in [2.05, 4.69) is 16.1 Å². The van der Waals surface area contributed by atoms with E-state index in [1.54, 1.807) is 0 Å². The Labute approximate surface area is 114 Å². The molecule has 0 radical (unpaired) electrons. The Balaban J connectivity index is 1.85. The van der Waals surface area contributed by atoms with Crippen molar-refractivity contribution in [1.29, 1.82) is 0 Å². The maximum Gasteiger partial charge on any atom is 0.303 e. The van der Waals surface area contributed by atoms with Crippen LogP contribution < -0.4 is 0 Å². The zero-order chi connectivity index (χ0) is 13.7. The molecule has 1 aliphatic heterocycles. The van der Waals surface area contributed by atoms with Gasteiger partial charge in [0.1, 0.15) is 0 Å². The quantitative estimate of drug-likeness (QED) is 0.850. The first-order chi connectivity index (χ1) is 9.16. The van der Waals surface area contributed by atoms with Crippen LogP contribution in [0.2, 0.25) is 0 Å². The number of rotatable bonds is 6. The molecule has 19 heavy (non-hydrogen) atoms. The number of aliphatic carboxylic acids is 1. The van der Waals surface area contributed by atoms with Crippen LogP contribution in [0.5, 0.6) is 0 Å². The third-order valence-electron chi connectivity index (χ3n) is 4.02. The lowest BCUT2D eigenvalue weighted by atomic mass is 9.97. The first kappa shape index (κ1) is 14.1. The zero-order valence-corrected chi connectivity index (χ0v) is 11.6. The van der Waals surface area contributed by atoms with Crippen molar-refractivity contribution >= 4 is 5.97 Å². The van der Waals surface area contributed by atoms with Gasteiger partial charge in [-0.05, 0) is 31.9 Å². The standard InChI is InChI=1S/C14H23N3O2/c1-16-12(7-9-15-16)8-11-17-10-3-2-4-13(17)5-6-14(18)19/h7,9,13H,2-6,8,10-11H2,1H3,(H,18,19). The molecule has 0 saturated carbocycles. The van der Waals surface area contributed by atoms with Crippen LogP contribution in [0.1, 0.15) is 37.8 Å². The van der Waals surface area contributed by atoms with Crippen molar-refractivity contribution in [2.45, 2.75) is 44.6 Å². The molecule has 5 heteroatoms. The highest BCUT2D eigenvalue weighted by Gasteiger charge is 2.22. The molecular formula is C14H23N3O2. The molecule has 2 rings (SSSR count). The maximum atomic E-state index is 10.7. The van der Waals surface area contributed by atoms with Gasteiger partial charge in [0.05, 0.1) is 0 Å². The summed E-state index contributed by atoms with van der Waals surface area (Å²) in [4.78, 5) is 13.2. The Morgan fingerprint density at radius 1 is 1.53 bits per heavy atom. The number of carbonyl (C=O) groups is 1. The number of piperidine rings is 1. The van der Waals surface area contributed by atoms with Gasteiger partial charge in [0.25, 0.3) is 0 Å². The first-order valence-electron chi connectivity index (χ1n) is 7.09. The fraction of sp³-hybridized carbons (Fsp3) is 0.714. The molecule has 0 bridgehead atoms. The molecule has 1 N–H and O–H groups in total. The minimum absolute atomic E-state index is 0.285. The Morgan fingerprint density at radius 3 is 3.05 bits per heavy atom. The number of nitrogens with zero attached hydrogens (tertiary/aromatic N) is 3. The number of carboxylic acids is 1. The molecule has 0 aliphatic carbocycles. The van der Waals surface area contributed by atoms with Gasteiger partial charge in [-0.25, -0.2) is 0 Å². The molecule has 5 nitrogen and oxygen atoms in total. The lowest BCUT2D eigenvalue weighted by Crippen LogP contribution is -2.41. The highest BCUT2D eigenvalue weighted by Crippen LogP contribution is 2.21. The van der Waals surface area contributed by atoms with Crippen molar-refractivity contribution < 1.29 is 9.90 Å². The highest BCUT2D eigenvalue weighted by atomic mass is 16.4. The summed E-state index contributed by atoms with van der Waals surface area (Å²) in [5, 5.41) is 13.0. The van der Waals surface area contributed by atoms with E-state index in [0.717, 1.165) is 32.4 Å². The second kappa shape index (κ2) is 6.70. The predicted octanol–water partition coefficient (Wildman–Crippen LogP) is 1.68. The normalized spacial score (nSPS) is 20.6. The van der Waals surface area contributed by atoms with Crippen molar-refractivity contribution in [3.63, 3.8) is 0 Å². The number of aromatic nitrogens is 2. The van der Waals surface area contributed by atoms with Crippen LogP contribution in [0.4, 0.5) is 0 Å². The Hall–Kier alpha value is -1.36. The minimum Gasteiger partial charge on any atom is -0.481 e. The second-order valence-electron chi connectivity index (χ2n) is 5.31. The summed E-state index contributed by atoms with van der Waals surface area (Å²) in [5.41, 5.74) is 1.24. The number of likely N-dealkylation sites (tertiary alicyclic amines) is 1. The van der Waals surface area contributed by atoms with E-state index in [4.69, 9.17) is 5.11 Å². The fourth-order valence-corrected chi connectivity index (χ4v) is 2.88. The Bertz CT molecular complexity index is 417. The Morgan fingerprint density at radius 2 is 2.37 bits per heavy atom. The fourth-order valence-electron chi connectivity index (χ4n) is 2.88. The maximum absolute atomic E-state index is 10.7. The summed E-state index contributed by atoms with van der Waals surface area (Å²) in [7, 11) is 1.97. The van der Waals surface area contributed by atoms with Crippen LogP contribution in [0.15, 0.2) is 12.3 Å². The van der Waals surface area contributed by atoms with Gasteiger partial charge in [-0.15, -0.1) is 0 Å². The van der Waals surface area contributed by atoms with Gasteiger partial charge in [-0.1, -0.05) is 6.42 Å². The molecule has 0 amide bonds. The molecule has 1 saturated heterocycles. The monoisotopic (exact) mass is 265 g/mol. The summed E-state index contributed by atoms with van der Waals surface area (Å²) < 4.78 is 1.91. The molecule has 2 heterocycles.